The fourth-order valence-electron chi connectivity index (χ4n) is 3.65. The van der Waals surface area contributed by atoms with Gasteiger partial charge in [0.2, 0.25) is 0 Å². The number of fused-ring (bicyclic) bond motifs is 2. The second-order valence-electron chi connectivity index (χ2n) is 7.06. The van der Waals surface area contributed by atoms with Crippen LogP contribution in [-0.2, 0) is 20.7 Å². The Balaban J connectivity index is 1.27. The summed E-state index contributed by atoms with van der Waals surface area (Å²) in [5.41, 5.74) is 3.20. The third-order valence-electron chi connectivity index (χ3n) is 5.03. The monoisotopic (exact) mass is 393 g/mol. The SMILES string of the molecule is O=C(COC(=O)/C=C/c1ccc2c(c1)OCCO2)N[C@@H]1CCCc2ccccc21. The lowest BCUT2D eigenvalue weighted by Crippen LogP contribution is -2.34. The molecule has 1 amide bonds. The summed E-state index contributed by atoms with van der Waals surface area (Å²) < 4.78 is 16.1. The molecule has 1 N–H and O–H groups in total. The smallest absolute Gasteiger partial charge is 0.331 e. The van der Waals surface area contributed by atoms with Crippen molar-refractivity contribution in [2.45, 2.75) is 25.3 Å². The number of esters is 1. The van der Waals surface area contributed by atoms with Crippen molar-refractivity contribution in [2.75, 3.05) is 19.8 Å². The third-order valence-corrected chi connectivity index (χ3v) is 5.03. The number of carbonyl (C=O) groups is 2. The van der Waals surface area contributed by atoms with E-state index in [0.717, 1.165) is 30.4 Å². The predicted molar refractivity (Wildman–Crippen MR) is 108 cm³/mol. The minimum Gasteiger partial charge on any atom is -0.486 e. The highest BCUT2D eigenvalue weighted by molar-refractivity contribution is 5.89. The van der Waals surface area contributed by atoms with E-state index in [-0.39, 0.29) is 18.6 Å². The molecule has 0 fully saturated rings. The molecular weight excluding hydrogens is 370 g/mol. The molecule has 0 saturated carbocycles. The number of ether oxygens (including phenoxy) is 3. The zero-order chi connectivity index (χ0) is 20.1. The van der Waals surface area contributed by atoms with Crippen LogP contribution in [0.5, 0.6) is 11.5 Å². The highest BCUT2D eigenvalue weighted by Crippen LogP contribution is 2.31. The summed E-state index contributed by atoms with van der Waals surface area (Å²) in [6, 6.07) is 13.5. The molecular formula is C23H23NO5. The van der Waals surface area contributed by atoms with Gasteiger partial charge in [-0.3, -0.25) is 4.79 Å². The van der Waals surface area contributed by atoms with Crippen LogP contribution in [0, 0.1) is 0 Å². The Bertz CT molecular complexity index is 937. The first kappa shape index (κ1) is 19.1. The lowest BCUT2D eigenvalue weighted by atomic mass is 9.88. The average Bonchev–Trinajstić information content (AvgIpc) is 2.76. The van der Waals surface area contributed by atoms with E-state index >= 15 is 0 Å². The van der Waals surface area contributed by atoms with Crippen LogP contribution in [-0.4, -0.2) is 31.7 Å². The molecule has 0 spiro atoms. The van der Waals surface area contributed by atoms with Crippen molar-refractivity contribution in [2.24, 2.45) is 0 Å². The summed E-state index contributed by atoms with van der Waals surface area (Å²) in [4.78, 5) is 24.2. The van der Waals surface area contributed by atoms with Gasteiger partial charge in [0.25, 0.3) is 5.91 Å². The van der Waals surface area contributed by atoms with Gasteiger partial charge in [-0.05, 0) is 54.2 Å². The Morgan fingerprint density at radius 1 is 1.10 bits per heavy atom. The van der Waals surface area contributed by atoms with Gasteiger partial charge in [-0.25, -0.2) is 4.79 Å². The van der Waals surface area contributed by atoms with Gasteiger partial charge in [0.1, 0.15) is 13.2 Å². The minimum absolute atomic E-state index is 0.0283. The zero-order valence-corrected chi connectivity index (χ0v) is 16.1. The zero-order valence-electron chi connectivity index (χ0n) is 16.1. The number of carbonyl (C=O) groups excluding carboxylic acids is 2. The maximum absolute atomic E-state index is 12.2. The van der Waals surface area contributed by atoms with Gasteiger partial charge in [-0.1, -0.05) is 30.3 Å². The van der Waals surface area contributed by atoms with Crippen molar-refractivity contribution in [1.82, 2.24) is 5.32 Å². The van der Waals surface area contributed by atoms with Crippen LogP contribution in [0.3, 0.4) is 0 Å². The molecule has 0 radical (unpaired) electrons. The number of benzene rings is 2. The quantitative estimate of drug-likeness (QED) is 0.624. The van der Waals surface area contributed by atoms with Gasteiger partial charge in [0.15, 0.2) is 18.1 Å². The van der Waals surface area contributed by atoms with E-state index in [0.29, 0.717) is 24.7 Å². The molecule has 150 valence electrons. The van der Waals surface area contributed by atoms with E-state index in [2.05, 4.69) is 11.4 Å². The molecule has 4 rings (SSSR count). The lowest BCUT2D eigenvalue weighted by molar-refractivity contribution is -0.144. The number of aryl methyl sites for hydroxylation is 1. The first-order valence-corrected chi connectivity index (χ1v) is 9.81. The van der Waals surface area contributed by atoms with E-state index in [1.54, 1.807) is 18.2 Å². The Morgan fingerprint density at radius 2 is 1.93 bits per heavy atom. The molecule has 2 aliphatic rings. The Kier molecular flexibility index (Phi) is 5.79. The van der Waals surface area contributed by atoms with Gasteiger partial charge in [-0.15, -0.1) is 0 Å². The molecule has 6 nitrogen and oxygen atoms in total. The normalized spacial score (nSPS) is 17.4. The number of nitrogens with one attached hydrogen (secondary N) is 1. The summed E-state index contributed by atoms with van der Waals surface area (Å²) in [6.07, 6.45) is 5.87. The molecule has 29 heavy (non-hydrogen) atoms. The van der Waals surface area contributed by atoms with Gasteiger partial charge < -0.3 is 19.5 Å². The van der Waals surface area contributed by atoms with Crippen LogP contribution in [0.25, 0.3) is 6.08 Å². The van der Waals surface area contributed by atoms with Gasteiger partial charge in [-0.2, -0.15) is 0 Å². The summed E-state index contributed by atoms with van der Waals surface area (Å²) in [5.74, 6) is 0.475. The van der Waals surface area contributed by atoms with Crippen LogP contribution in [0.1, 0.15) is 35.6 Å². The van der Waals surface area contributed by atoms with Crippen molar-refractivity contribution in [3.8, 4) is 11.5 Å². The molecule has 1 atom stereocenters. The fraction of sp³-hybridized carbons (Fsp3) is 0.304. The number of amides is 1. The van der Waals surface area contributed by atoms with Gasteiger partial charge in [0.05, 0.1) is 6.04 Å². The van der Waals surface area contributed by atoms with Crippen molar-refractivity contribution in [1.29, 1.82) is 0 Å². The van der Waals surface area contributed by atoms with E-state index in [4.69, 9.17) is 14.2 Å². The Hall–Kier alpha value is -3.28. The Labute approximate surface area is 169 Å². The van der Waals surface area contributed by atoms with Crippen LogP contribution >= 0.6 is 0 Å². The fourth-order valence-corrected chi connectivity index (χ4v) is 3.65. The molecule has 6 heteroatoms. The number of rotatable bonds is 5. The van der Waals surface area contributed by atoms with Crippen molar-refractivity contribution in [3.05, 3.63) is 65.2 Å². The van der Waals surface area contributed by atoms with Crippen LogP contribution < -0.4 is 14.8 Å². The maximum atomic E-state index is 12.2. The molecule has 2 aromatic rings. The molecule has 1 aliphatic heterocycles. The van der Waals surface area contributed by atoms with E-state index in [9.17, 15) is 9.59 Å². The molecule has 0 aromatic heterocycles. The highest BCUT2D eigenvalue weighted by Gasteiger charge is 2.21. The second kappa shape index (κ2) is 8.82. The lowest BCUT2D eigenvalue weighted by Gasteiger charge is -2.26. The minimum atomic E-state index is -0.570. The van der Waals surface area contributed by atoms with Gasteiger partial charge in [0, 0.05) is 6.08 Å². The molecule has 0 bridgehead atoms. The first-order chi connectivity index (χ1) is 14.2. The van der Waals surface area contributed by atoms with Crippen molar-refractivity contribution >= 4 is 18.0 Å². The summed E-state index contributed by atoms with van der Waals surface area (Å²) in [7, 11) is 0. The molecule has 1 heterocycles. The summed E-state index contributed by atoms with van der Waals surface area (Å²) >= 11 is 0. The van der Waals surface area contributed by atoms with E-state index in [1.807, 2.05) is 24.3 Å². The van der Waals surface area contributed by atoms with Crippen molar-refractivity contribution < 1.29 is 23.8 Å². The number of hydrogen-bond acceptors (Lipinski definition) is 5. The average molecular weight is 393 g/mol. The van der Waals surface area contributed by atoms with Crippen LogP contribution in [0.4, 0.5) is 0 Å². The topological polar surface area (TPSA) is 73.9 Å². The predicted octanol–water partition coefficient (Wildman–Crippen LogP) is 3.21. The highest BCUT2D eigenvalue weighted by atomic mass is 16.6. The molecule has 0 saturated heterocycles. The van der Waals surface area contributed by atoms with E-state index in [1.165, 1.54) is 11.6 Å². The van der Waals surface area contributed by atoms with Crippen molar-refractivity contribution in [3.63, 3.8) is 0 Å². The van der Waals surface area contributed by atoms with Crippen LogP contribution in [0.2, 0.25) is 0 Å². The first-order valence-electron chi connectivity index (χ1n) is 9.81. The largest absolute Gasteiger partial charge is 0.486 e. The molecule has 1 aliphatic carbocycles. The van der Waals surface area contributed by atoms with Crippen LogP contribution in [0.15, 0.2) is 48.5 Å². The summed E-state index contributed by atoms with van der Waals surface area (Å²) in [5, 5.41) is 2.97. The maximum Gasteiger partial charge on any atom is 0.331 e. The molecule has 2 aromatic carbocycles. The third kappa shape index (κ3) is 4.77. The standard InChI is InChI=1S/C23H23NO5/c25-22(24-19-7-3-5-17-4-1-2-6-18(17)19)15-29-23(26)11-9-16-8-10-20-21(14-16)28-13-12-27-20/h1-2,4,6,8-11,14,19H,3,5,7,12-13,15H2,(H,24,25)/b11-9+/t19-/m1/s1. The van der Waals surface area contributed by atoms with E-state index < -0.39 is 5.97 Å². The summed E-state index contributed by atoms with van der Waals surface area (Å²) in [6.45, 7) is 0.731. The Morgan fingerprint density at radius 3 is 2.83 bits per heavy atom. The number of hydrogen-bond donors (Lipinski definition) is 1. The second-order valence-corrected chi connectivity index (χ2v) is 7.06. The molecule has 0 unspecified atom stereocenters. The van der Waals surface area contributed by atoms with Gasteiger partial charge >= 0.3 is 5.97 Å².